The van der Waals surface area contributed by atoms with Crippen molar-refractivity contribution in [3.8, 4) is 5.75 Å². The first-order valence-electron chi connectivity index (χ1n) is 7.70. The number of non-ortho nitro benzene ring substituents is 1. The zero-order valence-corrected chi connectivity index (χ0v) is 14.4. The molecule has 0 saturated carbocycles. The van der Waals surface area contributed by atoms with E-state index in [-0.39, 0.29) is 23.4 Å². The number of hydrogen-bond donors (Lipinski definition) is 2. The molecule has 1 atom stereocenters. The second-order valence-electron chi connectivity index (χ2n) is 5.63. The average Bonchev–Trinajstić information content (AvgIpc) is 2.59. The van der Waals surface area contributed by atoms with Gasteiger partial charge in [-0.1, -0.05) is 0 Å². The molecule has 2 rings (SSSR count). The van der Waals surface area contributed by atoms with Crippen molar-refractivity contribution in [2.45, 2.75) is 12.5 Å². The number of halogens is 3. The molecule has 0 aliphatic carbocycles. The molecule has 3 N–H and O–H groups in total. The van der Waals surface area contributed by atoms with Gasteiger partial charge in [0.25, 0.3) is 11.6 Å². The quantitative estimate of drug-likeness (QED) is 0.545. The Kier molecular flexibility index (Phi) is 6.18. The number of nitrogens with one attached hydrogen (secondary N) is 1. The van der Waals surface area contributed by atoms with Gasteiger partial charge in [-0.2, -0.15) is 0 Å². The molecule has 28 heavy (non-hydrogen) atoms. The highest BCUT2D eigenvalue weighted by Crippen LogP contribution is 2.25. The van der Waals surface area contributed by atoms with E-state index in [0.29, 0.717) is 12.1 Å². The van der Waals surface area contributed by atoms with Crippen molar-refractivity contribution >= 4 is 17.5 Å². The Hall–Kier alpha value is -3.63. The van der Waals surface area contributed by atoms with E-state index in [1.807, 2.05) is 5.32 Å². The molecule has 0 aromatic heterocycles. The zero-order chi connectivity index (χ0) is 21.0. The largest absolute Gasteiger partial charge is 0.496 e. The van der Waals surface area contributed by atoms with Crippen molar-refractivity contribution in [2.75, 3.05) is 7.11 Å². The number of primary amides is 1. The number of ether oxygens (including phenoxy) is 1. The van der Waals surface area contributed by atoms with Crippen molar-refractivity contribution in [3.05, 3.63) is 69.0 Å². The summed E-state index contributed by atoms with van der Waals surface area (Å²) in [6.07, 6.45) is -0.351. The van der Waals surface area contributed by atoms with Crippen molar-refractivity contribution in [1.82, 2.24) is 5.32 Å². The van der Waals surface area contributed by atoms with Crippen LogP contribution in [0.1, 0.15) is 15.9 Å². The number of methoxy groups -OCH3 is 1. The maximum absolute atomic E-state index is 13.7. The van der Waals surface area contributed by atoms with Crippen LogP contribution in [0.2, 0.25) is 0 Å². The summed E-state index contributed by atoms with van der Waals surface area (Å²) >= 11 is 0. The van der Waals surface area contributed by atoms with Crippen LogP contribution in [0.3, 0.4) is 0 Å². The fourth-order valence-corrected chi connectivity index (χ4v) is 2.47. The highest BCUT2D eigenvalue weighted by atomic mass is 19.1. The molecule has 0 heterocycles. The van der Waals surface area contributed by atoms with Crippen molar-refractivity contribution in [3.63, 3.8) is 0 Å². The van der Waals surface area contributed by atoms with Gasteiger partial charge < -0.3 is 15.8 Å². The van der Waals surface area contributed by atoms with E-state index in [1.165, 1.54) is 19.2 Å². The molecule has 0 bridgehead atoms. The molecule has 148 valence electrons. The molecule has 11 heteroatoms. The number of carbonyl (C=O) groups excluding carboxylic acids is 2. The summed E-state index contributed by atoms with van der Waals surface area (Å²) < 4.78 is 45.5. The van der Waals surface area contributed by atoms with E-state index in [9.17, 15) is 32.9 Å². The van der Waals surface area contributed by atoms with Crippen LogP contribution >= 0.6 is 0 Å². The molecular formula is C17H14F3N3O5. The number of nitro groups is 1. The van der Waals surface area contributed by atoms with Gasteiger partial charge in [-0.25, -0.2) is 13.2 Å². The maximum Gasteiger partial charge on any atom is 0.269 e. The Morgan fingerprint density at radius 1 is 1.21 bits per heavy atom. The summed E-state index contributed by atoms with van der Waals surface area (Å²) in [5.41, 5.74) is 3.98. The van der Waals surface area contributed by atoms with Crippen LogP contribution < -0.4 is 15.8 Å². The standard InChI is InChI=1S/C17H14F3N3O5/c1-28-14-3-2-10(23(26)27)4-8(14)5-13(16(21)24)22-17(25)15-11(19)6-9(18)7-12(15)20/h2-4,6-7,13H,5H2,1H3,(H2,21,24)(H,22,25)/t13-/m0/s1. The van der Waals surface area contributed by atoms with E-state index in [4.69, 9.17) is 10.5 Å². The molecule has 0 fully saturated rings. The van der Waals surface area contributed by atoms with Gasteiger partial charge in [0, 0.05) is 36.2 Å². The van der Waals surface area contributed by atoms with Gasteiger partial charge in [0.2, 0.25) is 5.91 Å². The summed E-state index contributed by atoms with van der Waals surface area (Å²) in [6.45, 7) is 0. The number of benzene rings is 2. The summed E-state index contributed by atoms with van der Waals surface area (Å²) in [6, 6.07) is 2.70. The van der Waals surface area contributed by atoms with Crippen molar-refractivity contribution in [1.29, 1.82) is 0 Å². The Morgan fingerprint density at radius 3 is 2.32 bits per heavy atom. The molecule has 0 spiro atoms. The molecule has 2 aromatic carbocycles. The van der Waals surface area contributed by atoms with Gasteiger partial charge in [-0.05, 0) is 6.07 Å². The Balaban J connectivity index is 2.33. The van der Waals surface area contributed by atoms with Gasteiger partial charge in [0.1, 0.15) is 34.8 Å². The number of carbonyl (C=O) groups is 2. The van der Waals surface area contributed by atoms with Crippen molar-refractivity contribution in [2.24, 2.45) is 5.73 Å². The molecule has 0 radical (unpaired) electrons. The topological polar surface area (TPSA) is 125 Å². The summed E-state index contributed by atoms with van der Waals surface area (Å²) in [4.78, 5) is 34.1. The molecule has 2 aromatic rings. The first kappa shape index (κ1) is 20.7. The summed E-state index contributed by atoms with van der Waals surface area (Å²) in [7, 11) is 1.28. The number of amides is 2. The third kappa shape index (κ3) is 4.55. The number of nitro benzene ring substituents is 1. The molecule has 8 nitrogen and oxygen atoms in total. The van der Waals surface area contributed by atoms with Crippen molar-refractivity contribution < 1.29 is 32.4 Å². The van der Waals surface area contributed by atoms with Gasteiger partial charge in [-0.3, -0.25) is 19.7 Å². The minimum Gasteiger partial charge on any atom is -0.496 e. The molecule has 2 amide bonds. The SMILES string of the molecule is COc1ccc([N+](=O)[O-])cc1C[C@H](NC(=O)c1c(F)cc(F)cc1F)C(N)=O. The van der Waals surface area contributed by atoms with Crippen LogP contribution in [-0.2, 0) is 11.2 Å². The van der Waals surface area contributed by atoms with Crippen LogP contribution in [0.5, 0.6) is 5.75 Å². The Bertz CT molecular complexity index is 929. The second kappa shape index (κ2) is 8.37. The van der Waals surface area contributed by atoms with Gasteiger partial charge in [0.05, 0.1) is 12.0 Å². The van der Waals surface area contributed by atoms with Crippen LogP contribution in [0.4, 0.5) is 18.9 Å². The van der Waals surface area contributed by atoms with E-state index >= 15 is 0 Å². The monoisotopic (exact) mass is 397 g/mol. The number of nitrogens with zero attached hydrogens (tertiary/aromatic N) is 1. The van der Waals surface area contributed by atoms with E-state index in [0.717, 1.165) is 6.07 Å². The summed E-state index contributed by atoms with van der Waals surface area (Å²) in [5.74, 6) is -6.39. The first-order valence-corrected chi connectivity index (χ1v) is 7.70. The normalized spacial score (nSPS) is 11.6. The first-order chi connectivity index (χ1) is 13.1. The highest BCUT2D eigenvalue weighted by Gasteiger charge is 2.26. The van der Waals surface area contributed by atoms with Crippen LogP contribution in [-0.4, -0.2) is 29.9 Å². The fraction of sp³-hybridized carbons (Fsp3) is 0.176. The second-order valence-corrected chi connectivity index (χ2v) is 5.63. The Morgan fingerprint density at radius 2 is 1.82 bits per heavy atom. The number of nitrogens with two attached hydrogens (primary N) is 1. The molecule has 0 aliphatic rings. The molecule has 0 saturated heterocycles. The van der Waals surface area contributed by atoms with E-state index < -0.39 is 45.8 Å². The highest BCUT2D eigenvalue weighted by molar-refractivity contribution is 5.97. The van der Waals surface area contributed by atoms with Crippen LogP contribution in [0, 0.1) is 27.6 Å². The summed E-state index contributed by atoms with van der Waals surface area (Å²) in [5, 5.41) is 13.0. The lowest BCUT2D eigenvalue weighted by Crippen LogP contribution is -2.46. The lowest BCUT2D eigenvalue weighted by Gasteiger charge is -2.17. The predicted molar refractivity (Wildman–Crippen MR) is 90.1 cm³/mol. The van der Waals surface area contributed by atoms with Gasteiger partial charge >= 0.3 is 0 Å². The lowest BCUT2D eigenvalue weighted by molar-refractivity contribution is -0.384. The predicted octanol–water partition coefficient (Wildman–Crippen LogP) is 1.85. The third-order valence-electron chi connectivity index (χ3n) is 3.78. The maximum atomic E-state index is 13.7. The minimum absolute atomic E-state index is 0.154. The minimum atomic E-state index is -1.48. The fourth-order valence-electron chi connectivity index (χ4n) is 2.47. The lowest BCUT2D eigenvalue weighted by atomic mass is 10.0. The number of rotatable bonds is 7. The van der Waals surface area contributed by atoms with Crippen LogP contribution in [0.15, 0.2) is 30.3 Å². The Labute approximate surface area is 156 Å². The van der Waals surface area contributed by atoms with E-state index in [1.54, 1.807) is 0 Å². The molecule has 0 aliphatic heterocycles. The molecule has 0 unspecified atom stereocenters. The van der Waals surface area contributed by atoms with Gasteiger partial charge in [0.15, 0.2) is 0 Å². The molecular weight excluding hydrogens is 383 g/mol. The third-order valence-corrected chi connectivity index (χ3v) is 3.78. The smallest absolute Gasteiger partial charge is 0.269 e. The van der Waals surface area contributed by atoms with E-state index in [2.05, 4.69) is 0 Å². The van der Waals surface area contributed by atoms with Gasteiger partial charge in [-0.15, -0.1) is 0 Å². The number of hydrogen-bond acceptors (Lipinski definition) is 5. The average molecular weight is 397 g/mol. The van der Waals surface area contributed by atoms with Crippen LogP contribution in [0.25, 0.3) is 0 Å². The zero-order valence-electron chi connectivity index (χ0n) is 14.4.